The van der Waals surface area contributed by atoms with Crippen LogP contribution in [0.2, 0.25) is 5.02 Å². The van der Waals surface area contributed by atoms with Gasteiger partial charge in [0.25, 0.3) is 0 Å². The Morgan fingerprint density at radius 2 is 1.83 bits per heavy atom. The van der Waals surface area contributed by atoms with Crippen molar-refractivity contribution in [1.29, 1.82) is 0 Å². The number of ether oxygens (including phenoxy) is 2. The SMILES string of the molecule is CCCCNC(=O)[C@H](C)N(Cc1ccccc1Cl)C(=O)CN(c1ccc2c(c1)OCO2)S(=O)(=O)CC. The predicted octanol–water partition coefficient (Wildman–Crippen LogP) is 3.56. The molecule has 0 saturated heterocycles. The quantitative estimate of drug-likeness (QED) is 0.415. The van der Waals surface area contributed by atoms with Crippen LogP contribution in [0.4, 0.5) is 5.69 Å². The van der Waals surface area contributed by atoms with Crippen molar-refractivity contribution < 1.29 is 27.5 Å². The average Bonchev–Trinajstić information content (AvgIpc) is 3.34. The molecule has 1 aliphatic heterocycles. The molecule has 0 saturated carbocycles. The van der Waals surface area contributed by atoms with Gasteiger partial charge in [-0.05, 0) is 44.0 Å². The number of amides is 2. The van der Waals surface area contributed by atoms with Gasteiger partial charge in [0.05, 0.1) is 11.4 Å². The first-order valence-electron chi connectivity index (χ1n) is 11.9. The Balaban J connectivity index is 1.92. The fourth-order valence-corrected chi connectivity index (χ4v) is 4.94. The standard InChI is InChI=1S/C25H32ClN3O6S/c1-4-6-13-27-25(31)18(3)28(15-19-9-7-8-10-21(19)26)24(30)16-29(36(32,33)5-2)20-11-12-22-23(14-20)35-17-34-22/h7-12,14,18H,4-6,13,15-17H2,1-3H3,(H,27,31)/t18-/m0/s1. The van der Waals surface area contributed by atoms with E-state index in [4.69, 9.17) is 21.1 Å². The molecule has 0 radical (unpaired) electrons. The number of nitrogens with one attached hydrogen (secondary N) is 1. The summed E-state index contributed by atoms with van der Waals surface area (Å²) in [5.74, 6) is -0.184. The topological polar surface area (TPSA) is 105 Å². The first-order valence-corrected chi connectivity index (χ1v) is 13.9. The molecule has 0 fully saturated rings. The highest BCUT2D eigenvalue weighted by Crippen LogP contribution is 2.36. The van der Waals surface area contributed by atoms with Gasteiger partial charge in [-0.3, -0.25) is 13.9 Å². The van der Waals surface area contributed by atoms with Gasteiger partial charge < -0.3 is 19.7 Å². The summed E-state index contributed by atoms with van der Waals surface area (Å²) in [4.78, 5) is 27.9. The summed E-state index contributed by atoms with van der Waals surface area (Å²) in [5.41, 5.74) is 0.917. The van der Waals surface area contributed by atoms with Crippen LogP contribution in [-0.2, 0) is 26.2 Å². The predicted molar refractivity (Wildman–Crippen MR) is 139 cm³/mol. The van der Waals surface area contributed by atoms with E-state index in [1.165, 1.54) is 17.9 Å². The molecule has 2 amide bonds. The number of hydrogen-bond donors (Lipinski definition) is 1. The maximum atomic E-state index is 13.7. The molecular formula is C25H32ClN3O6S. The lowest BCUT2D eigenvalue weighted by atomic mass is 10.1. The maximum absolute atomic E-state index is 13.7. The van der Waals surface area contributed by atoms with Crippen molar-refractivity contribution in [3.8, 4) is 11.5 Å². The maximum Gasteiger partial charge on any atom is 0.244 e. The van der Waals surface area contributed by atoms with Crippen LogP contribution >= 0.6 is 11.6 Å². The molecule has 9 nitrogen and oxygen atoms in total. The van der Waals surface area contributed by atoms with Crippen LogP contribution in [0.1, 0.15) is 39.2 Å². The molecule has 196 valence electrons. The lowest BCUT2D eigenvalue weighted by Gasteiger charge is -2.32. The van der Waals surface area contributed by atoms with E-state index < -0.39 is 28.5 Å². The number of benzene rings is 2. The molecule has 1 atom stereocenters. The highest BCUT2D eigenvalue weighted by molar-refractivity contribution is 7.92. The van der Waals surface area contributed by atoms with Gasteiger partial charge in [0.2, 0.25) is 28.6 Å². The summed E-state index contributed by atoms with van der Waals surface area (Å²) < 4.78 is 37.8. The molecule has 0 unspecified atom stereocenters. The third kappa shape index (κ3) is 6.61. The Morgan fingerprint density at radius 3 is 2.53 bits per heavy atom. The van der Waals surface area contributed by atoms with Crippen LogP contribution in [0.3, 0.4) is 0 Å². The van der Waals surface area contributed by atoms with Gasteiger partial charge in [0.15, 0.2) is 11.5 Å². The number of anilines is 1. The summed E-state index contributed by atoms with van der Waals surface area (Å²) in [6, 6.07) is 10.9. The minimum Gasteiger partial charge on any atom is -0.454 e. The molecule has 0 aromatic heterocycles. The Labute approximate surface area is 217 Å². The lowest BCUT2D eigenvalue weighted by molar-refractivity contribution is -0.139. The summed E-state index contributed by atoms with van der Waals surface area (Å²) in [6.07, 6.45) is 1.72. The molecule has 1 N–H and O–H groups in total. The first-order chi connectivity index (χ1) is 17.2. The zero-order valence-electron chi connectivity index (χ0n) is 20.7. The molecule has 1 heterocycles. The van der Waals surface area contributed by atoms with Crippen LogP contribution in [0.25, 0.3) is 0 Å². The number of halogens is 1. The summed E-state index contributed by atoms with van der Waals surface area (Å²) in [7, 11) is -3.84. The lowest BCUT2D eigenvalue weighted by Crippen LogP contribution is -2.51. The van der Waals surface area contributed by atoms with Gasteiger partial charge >= 0.3 is 0 Å². The second-order valence-electron chi connectivity index (χ2n) is 8.38. The smallest absolute Gasteiger partial charge is 0.244 e. The van der Waals surface area contributed by atoms with Crippen LogP contribution < -0.4 is 19.1 Å². The minimum absolute atomic E-state index is 0.0362. The summed E-state index contributed by atoms with van der Waals surface area (Å²) >= 11 is 6.34. The largest absolute Gasteiger partial charge is 0.454 e. The molecular weight excluding hydrogens is 506 g/mol. The molecule has 0 aliphatic carbocycles. The van der Waals surface area contributed by atoms with Gasteiger partial charge in [-0.25, -0.2) is 8.42 Å². The van der Waals surface area contributed by atoms with Crippen molar-refractivity contribution >= 4 is 39.1 Å². The minimum atomic E-state index is -3.84. The number of nitrogens with zero attached hydrogens (tertiary/aromatic N) is 2. The van der Waals surface area contributed by atoms with Crippen molar-refractivity contribution in [2.24, 2.45) is 0 Å². The number of carbonyl (C=O) groups is 2. The molecule has 2 aromatic carbocycles. The van der Waals surface area contributed by atoms with Crippen molar-refractivity contribution in [2.75, 3.05) is 29.9 Å². The molecule has 36 heavy (non-hydrogen) atoms. The Morgan fingerprint density at radius 1 is 1.11 bits per heavy atom. The zero-order valence-corrected chi connectivity index (χ0v) is 22.3. The highest BCUT2D eigenvalue weighted by Gasteiger charge is 2.32. The van der Waals surface area contributed by atoms with Crippen molar-refractivity contribution in [3.05, 3.63) is 53.1 Å². The number of rotatable bonds is 12. The van der Waals surface area contributed by atoms with E-state index in [1.807, 2.05) is 6.92 Å². The third-order valence-corrected chi connectivity index (χ3v) is 8.03. The molecule has 0 bridgehead atoms. The van der Waals surface area contributed by atoms with Crippen LogP contribution in [-0.4, -0.2) is 56.8 Å². The fraction of sp³-hybridized carbons (Fsp3) is 0.440. The second-order valence-corrected chi connectivity index (χ2v) is 11.0. The van der Waals surface area contributed by atoms with Crippen LogP contribution in [0.5, 0.6) is 11.5 Å². The van der Waals surface area contributed by atoms with E-state index in [9.17, 15) is 18.0 Å². The highest BCUT2D eigenvalue weighted by atomic mass is 35.5. The second kappa shape index (κ2) is 12.3. The molecule has 0 spiro atoms. The molecule has 3 rings (SSSR count). The van der Waals surface area contributed by atoms with E-state index in [0.717, 1.165) is 17.1 Å². The monoisotopic (exact) mass is 537 g/mol. The first kappa shape index (κ1) is 27.6. The van der Waals surface area contributed by atoms with Gasteiger partial charge in [0, 0.05) is 24.2 Å². The van der Waals surface area contributed by atoms with E-state index in [1.54, 1.807) is 43.3 Å². The van der Waals surface area contributed by atoms with Gasteiger partial charge in [-0.15, -0.1) is 0 Å². The normalized spacial score (nSPS) is 13.2. The summed E-state index contributed by atoms with van der Waals surface area (Å²) in [5, 5.41) is 3.29. The van der Waals surface area contributed by atoms with Gasteiger partial charge in [0.1, 0.15) is 12.6 Å². The number of fused-ring (bicyclic) bond motifs is 1. The van der Waals surface area contributed by atoms with Crippen molar-refractivity contribution in [3.63, 3.8) is 0 Å². The van der Waals surface area contributed by atoms with Crippen molar-refractivity contribution in [2.45, 2.75) is 46.2 Å². The zero-order chi connectivity index (χ0) is 26.3. The summed E-state index contributed by atoms with van der Waals surface area (Å²) in [6.45, 7) is 5.22. The van der Waals surface area contributed by atoms with E-state index in [2.05, 4.69) is 5.32 Å². The van der Waals surface area contributed by atoms with Crippen LogP contribution in [0, 0.1) is 0 Å². The molecule has 2 aromatic rings. The van der Waals surface area contributed by atoms with E-state index in [-0.39, 0.29) is 30.7 Å². The van der Waals surface area contributed by atoms with E-state index >= 15 is 0 Å². The molecule has 1 aliphatic rings. The van der Waals surface area contributed by atoms with Crippen LogP contribution in [0.15, 0.2) is 42.5 Å². The third-order valence-electron chi connectivity index (χ3n) is 5.92. The fourth-order valence-electron chi connectivity index (χ4n) is 3.69. The Bertz CT molecular complexity index is 1190. The van der Waals surface area contributed by atoms with Gasteiger partial charge in [-0.1, -0.05) is 43.1 Å². The van der Waals surface area contributed by atoms with E-state index in [0.29, 0.717) is 28.6 Å². The van der Waals surface area contributed by atoms with Gasteiger partial charge in [-0.2, -0.15) is 0 Å². The number of sulfonamides is 1. The average molecular weight is 538 g/mol. The molecule has 11 heteroatoms. The Kier molecular flexibility index (Phi) is 9.44. The van der Waals surface area contributed by atoms with Crippen molar-refractivity contribution in [1.82, 2.24) is 10.2 Å². The number of unbranched alkanes of at least 4 members (excludes halogenated alkanes) is 1. The number of hydrogen-bond acceptors (Lipinski definition) is 6. The number of carbonyl (C=O) groups excluding carboxylic acids is 2. The Hall–Kier alpha value is -2.98.